The summed E-state index contributed by atoms with van der Waals surface area (Å²) in [6, 6.07) is 7.63. The summed E-state index contributed by atoms with van der Waals surface area (Å²) in [5.41, 5.74) is 0.487. The Morgan fingerprint density at radius 1 is 1.16 bits per heavy atom. The number of halogens is 3. The summed E-state index contributed by atoms with van der Waals surface area (Å²) in [7, 11) is 1.23. The average Bonchev–Trinajstić information content (AvgIpc) is 2.59. The molecule has 0 fully saturated rings. The molecule has 2 aromatic rings. The van der Waals surface area contributed by atoms with Crippen molar-refractivity contribution in [1.82, 2.24) is 0 Å². The quantitative estimate of drug-likeness (QED) is 0.576. The van der Waals surface area contributed by atoms with Crippen molar-refractivity contribution in [3.8, 4) is 11.1 Å². The largest absolute Gasteiger partial charge is 0.465 e. The number of allylic oxidation sites excluding steroid dienone is 1. The number of carbonyl (C=O) groups excluding carboxylic acids is 2. The molecule has 0 unspecified atom stereocenters. The van der Waals surface area contributed by atoms with Gasteiger partial charge in [0.1, 0.15) is 0 Å². The molecule has 130 valence electrons. The average molecular weight is 348 g/mol. The van der Waals surface area contributed by atoms with Gasteiger partial charge in [0.2, 0.25) is 0 Å². The summed E-state index contributed by atoms with van der Waals surface area (Å²) in [4.78, 5) is 23.0. The maximum atomic E-state index is 13.2. The van der Waals surface area contributed by atoms with E-state index < -0.39 is 17.7 Å². The monoisotopic (exact) mass is 348 g/mol. The summed E-state index contributed by atoms with van der Waals surface area (Å²) >= 11 is 0. The molecule has 0 atom stereocenters. The van der Waals surface area contributed by atoms with Crippen LogP contribution in [0.2, 0.25) is 0 Å². The molecular formula is C19H15F3O3. The first kappa shape index (κ1) is 18.4. The number of hydrogen-bond donors (Lipinski definition) is 0. The van der Waals surface area contributed by atoms with Crippen LogP contribution in [0.1, 0.15) is 38.8 Å². The Kier molecular flexibility index (Phi) is 5.11. The molecule has 0 saturated heterocycles. The van der Waals surface area contributed by atoms with E-state index >= 15 is 0 Å². The minimum atomic E-state index is -4.56. The number of aldehydes is 1. The highest BCUT2D eigenvalue weighted by atomic mass is 19.4. The molecule has 6 heteroatoms. The van der Waals surface area contributed by atoms with Gasteiger partial charge < -0.3 is 4.74 Å². The van der Waals surface area contributed by atoms with Crippen molar-refractivity contribution in [2.45, 2.75) is 13.1 Å². The van der Waals surface area contributed by atoms with Crippen LogP contribution in [0.5, 0.6) is 0 Å². The molecule has 3 nitrogen and oxygen atoms in total. The van der Waals surface area contributed by atoms with Crippen molar-refractivity contribution >= 4 is 17.8 Å². The lowest BCUT2D eigenvalue weighted by Crippen LogP contribution is -2.08. The van der Waals surface area contributed by atoms with E-state index in [4.69, 9.17) is 0 Å². The van der Waals surface area contributed by atoms with E-state index in [9.17, 15) is 22.8 Å². The first-order valence-electron chi connectivity index (χ1n) is 7.24. The molecule has 0 N–H and O–H groups in total. The number of methoxy groups -OCH3 is 1. The van der Waals surface area contributed by atoms with Crippen molar-refractivity contribution < 1.29 is 27.5 Å². The van der Waals surface area contributed by atoms with Gasteiger partial charge in [-0.25, -0.2) is 4.79 Å². The number of esters is 1. The summed E-state index contributed by atoms with van der Waals surface area (Å²) < 4.78 is 44.2. The molecule has 0 amide bonds. The Hall–Kier alpha value is -2.89. The Labute approximate surface area is 142 Å². The SMILES string of the molecule is C=C(C)c1cc(C(F)(F)F)cc(-c2ccc(C(=O)OC)cc2)c1C=O. The molecule has 25 heavy (non-hydrogen) atoms. The highest BCUT2D eigenvalue weighted by Crippen LogP contribution is 2.37. The van der Waals surface area contributed by atoms with Crippen LogP contribution in [0.15, 0.2) is 43.0 Å². The van der Waals surface area contributed by atoms with Crippen LogP contribution >= 0.6 is 0 Å². The van der Waals surface area contributed by atoms with Gasteiger partial charge >= 0.3 is 12.1 Å². The first-order valence-corrected chi connectivity index (χ1v) is 7.24. The van der Waals surface area contributed by atoms with Crippen LogP contribution < -0.4 is 0 Å². The third-order valence-electron chi connectivity index (χ3n) is 3.70. The predicted molar refractivity (Wildman–Crippen MR) is 88.3 cm³/mol. The van der Waals surface area contributed by atoms with Crippen LogP contribution in [0.3, 0.4) is 0 Å². The molecule has 0 aliphatic carbocycles. The van der Waals surface area contributed by atoms with Crippen LogP contribution in [0.25, 0.3) is 16.7 Å². The van der Waals surface area contributed by atoms with Crippen LogP contribution in [0, 0.1) is 0 Å². The molecule has 0 heterocycles. The highest BCUT2D eigenvalue weighted by Gasteiger charge is 2.32. The van der Waals surface area contributed by atoms with Crippen molar-refractivity contribution in [2.24, 2.45) is 0 Å². The molecule has 0 bridgehead atoms. The fraction of sp³-hybridized carbons (Fsp3) is 0.158. The van der Waals surface area contributed by atoms with E-state index in [2.05, 4.69) is 11.3 Å². The van der Waals surface area contributed by atoms with Crippen LogP contribution in [-0.2, 0) is 10.9 Å². The number of alkyl halides is 3. The topological polar surface area (TPSA) is 43.4 Å². The van der Waals surface area contributed by atoms with E-state index in [1.807, 2.05) is 0 Å². The van der Waals surface area contributed by atoms with Gasteiger partial charge in [-0.1, -0.05) is 24.3 Å². The molecule has 2 aromatic carbocycles. The smallest absolute Gasteiger partial charge is 0.416 e. The van der Waals surface area contributed by atoms with Crippen LogP contribution in [-0.4, -0.2) is 19.4 Å². The normalized spacial score (nSPS) is 11.1. The lowest BCUT2D eigenvalue weighted by Gasteiger charge is -2.16. The van der Waals surface area contributed by atoms with Gasteiger partial charge in [-0.2, -0.15) is 13.2 Å². The zero-order valence-corrected chi connectivity index (χ0v) is 13.6. The van der Waals surface area contributed by atoms with Gasteiger partial charge in [0.25, 0.3) is 0 Å². The predicted octanol–water partition coefficient (Wildman–Crippen LogP) is 5.00. The fourth-order valence-corrected chi connectivity index (χ4v) is 2.44. The minimum absolute atomic E-state index is 0.117. The van der Waals surface area contributed by atoms with Gasteiger partial charge in [-0.15, -0.1) is 0 Å². The molecule has 0 aliphatic rings. The molecule has 0 aliphatic heterocycles. The second-order valence-corrected chi connectivity index (χ2v) is 5.45. The van der Waals surface area contributed by atoms with E-state index in [0.29, 0.717) is 17.4 Å². The number of ether oxygens (including phenoxy) is 1. The van der Waals surface area contributed by atoms with E-state index in [1.54, 1.807) is 0 Å². The number of hydrogen-bond acceptors (Lipinski definition) is 3. The molecule has 0 saturated carbocycles. The number of benzene rings is 2. The number of carbonyl (C=O) groups is 2. The lowest BCUT2D eigenvalue weighted by atomic mass is 9.90. The van der Waals surface area contributed by atoms with Gasteiger partial charge in [0.05, 0.1) is 18.2 Å². The zero-order valence-electron chi connectivity index (χ0n) is 13.6. The molecule has 0 aromatic heterocycles. The molecule has 0 radical (unpaired) electrons. The van der Waals surface area contributed by atoms with Gasteiger partial charge in [0.15, 0.2) is 6.29 Å². The number of rotatable bonds is 4. The minimum Gasteiger partial charge on any atom is -0.465 e. The Balaban J connectivity index is 2.70. The van der Waals surface area contributed by atoms with E-state index in [1.165, 1.54) is 38.3 Å². The highest BCUT2D eigenvalue weighted by molar-refractivity contribution is 5.95. The van der Waals surface area contributed by atoms with Crippen LogP contribution in [0.4, 0.5) is 13.2 Å². The Morgan fingerprint density at radius 3 is 2.20 bits per heavy atom. The van der Waals surface area contributed by atoms with Gasteiger partial charge in [0, 0.05) is 5.56 Å². The van der Waals surface area contributed by atoms with Crippen molar-refractivity contribution in [2.75, 3.05) is 7.11 Å². The summed E-state index contributed by atoms with van der Waals surface area (Å²) in [6.45, 7) is 5.19. The second-order valence-electron chi connectivity index (χ2n) is 5.45. The summed E-state index contributed by atoms with van der Waals surface area (Å²) in [6.07, 6.45) is -4.06. The molecule has 2 rings (SSSR count). The van der Waals surface area contributed by atoms with Crippen molar-refractivity contribution in [1.29, 1.82) is 0 Å². The Morgan fingerprint density at radius 2 is 1.76 bits per heavy atom. The van der Waals surface area contributed by atoms with Crippen molar-refractivity contribution in [3.05, 3.63) is 65.2 Å². The summed E-state index contributed by atoms with van der Waals surface area (Å²) in [5.74, 6) is -0.561. The summed E-state index contributed by atoms with van der Waals surface area (Å²) in [5, 5.41) is 0. The zero-order chi connectivity index (χ0) is 18.8. The maximum absolute atomic E-state index is 13.2. The lowest BCUT2D eigenvalue weighted by molar-refractivity contribution is -0.137. The first-order chi connectivity index (χ1) is 11.7. The third kappa shape index (κ3) is 3.79. The standard InChI is InChI=1S/C19H15F3O3/c1-11(2)15-8-14(19(20,21)22)9-16(17(15)10-23)12-4-6-13(7-5-12)18(24)25-3/h4-10H,1H2,2-3H3. The van der Waals surface area contributed by atoms with E-state index in [0.717, 1.165) is 12.1 Å². The Bertz CT molecular complexity index is 834. The third-order valence-corrected chi connectivity index (χ3v) is 3.70. The molecular weight excluding hydrogens is 333 g/mol. The maximum Gasteiger partial charge on any atom is 0.416 e. The fourth-order valence-electron chi connectivity index (χ4n) is 2.44. The van der Waals surface area contributed by atoms with Gasteiger partial charge in [-0.3, -0.25) is 4.79 Å². The van der Waals surface area contributed by atoms with Crippen molar-refractivity contribution in [3.63, 3.8) is 0 Å². The van der Waals surface area contributed by atoms with Gasteiger partial charge in [-0.05, 0) is 47.9 Å². The van der Waals surface area contributed by atoms with E-state index in [-0.39, 0.29) is 22.3 Å². The second kappa shape index (κ2) is 6.93. The molecule has 0 spiro atoms.